The van der Waals surface area contributed by atoms with E-state index in [4.69, 9.17) is 62.7 Å². The van der Waals surface area contributed by atoms with Gasteiger partial charge in [0, 0.05) is 15.1 Å². The Balaban J connectivity index is 1.88. The fraction of sp³-hybridized carbons (Fsp3) is 0.0500. The van der Waals surface area contributed by atoms with E-state index in [0.29, 0.717) is 30.9 Å². The van der Waals surface area contributed by atoms with Gasteiger partial charge in [0.2, 0.25) is 0 Å². The first-order valence-corrected chi connectivity index (χ1v) is 13.5. The lowest BCUT2D eigenvalue weighted by Gasteiger charge is -2.14. The molecule has 0 heterocycles. The van der Waals surface area contributed by atoms with E-state index in [9.17, 15) is 4.79 Å². The molecule has 0 aromatic heterocycles. The highest BCUT2D eigenvalue weighted by molar-refractivity contribution is 9.11. The van der Waals surface area contributed by atoms with Gasteiger partial charge in [0.1, 0.15) is 0 Å². The molecule has 3 rings (SSSR count). The van der Waals surface area contributed by atoms with Crippen LogP contribution in [0.3, 0.4) is 0 Å². The van der Waals surface area contributed by atoms with Crippen LogP contribution in [0.25, 0.3) is 0 Å². The summed E-state index contributed by atoms with van der Waals surface area (Å²) in [7, 11) is 0. The Hall–Kier alpha value is 0.370. The van der Waals surface area contributed by atoms with Crippen LogP contribution in [0, 0.1) is 0 Å². The molecule has 0 saturated heterocycles. The fourth-order valence-corrected chi connectivity index (χ4v) is 7.49. The summed E-state index contributed by atoms with van der Waals surface area (Å²) in [5.74, 6) is 0.226. The summed E-state index contributed by atoms with van der Waals surface area (Å²) >= 11 is 42.5. The van der Waals surface area contributed by atoms with E-state index in [1.807, 2.05) is 12.1 Å². The van der Waals surface area contributed by atoms with E-state index in [1.54, 1.807) is 24.3 Å². The molecule has 0 fully saturated rings. The van der Waals surface area contributed by atoms with E-state index in [-0.39, 0.29) is 25.1 Å². The quantitative estimate of drug-likeness (QED) is 0.0860. The van der Waals surface area contributed by atoms with Crippen LogP contribution in [0.4, 0.5) is 0 Å². The van der Waals surface area contributed by atoms with Crippen LogP contribution >= 0.6 is 118 Å². The van der Waals surface area contributed by atoms with Crippen LogP contribution in [0.15, 0.2) is 54.7 Å². The number of rotatable bonds is 5. The van der Waals surface area contributed by atoms with Crippen LogP contribution in [0.2, 0.25) is 25.1 Å². The molecule has 0 radical (unpaired) electrons. The Labute approximate surface area is 233 Å². The van der Waals surface area contributed by atoms with Gasteiger partial charge in [-0.25, -0.2) is 4.79 Å². The van der Waals surface area contributed by atoms with Crippen LogP contribution in [0.1, 0.15) is 15.9 Å². The van der Waals surface area contributed by atoms with Gasteiger partial charge in [0.05, 0.1) is 39.6 Å². The molecular weight excluding hydrogens is 721 g/mol. The van der Waals surface area contributed by atoms with Crippen LogP contribution < -0.4 is 4.74 Å². The molecule has 0 aliphatic heterocycles. The lowest BCUT2D eigenvalue weighted by atomic mass is 10.1. The van der Waals surface area contributed by atoms with Gasteiger partial charge in [-0.15, -0.1) is 11.8 Å². The molecule has 0 saturated carbocycles. The molecule has 3 aromatic carbocycles. The van der Waals surface area contributed by atoms with Crippen molar-refractivity contribution >= 4 is 124 Å². The first-order valence-electron chi connectivity index (χ1n) is 8.20. The van der Waals surface area contributed by atoms with Crippen molar-refractivity contribution < 1.29 is 9.53 Å². The molecule has 0 spiro atoms. The predicted octanol–water partition coefficient (Wildman–Crippen LogP) is 10.8. The van der Waals surface area contributed by atoms with Crippen molar-refractivity contribution in [2.45, 2.75) is 10.6 Å². The second-order valence-electron chi connectivity index (χ2n) is 5.93. The lowest BCUT2D eigenvalue weighted by molar-refractivity contribution is 0.0731. The van der Waals surface area contributed by atoms with Crippen molar-refractivity contribution in [2.24, 2.45) is 0 Å². The van der Waals surface area contributed by atoms with Crippen molar-refractivity contribution in [1.82, 2.24) is 0 Å². The smallest absolute Gasteiger partial charge is 0.343 e. The first kappa shape index (κ1) is 26.0. The largest absolute Gasteiger partial charge is 0.420 e. The topological polar surface area (TPSA) is 26.3 Å². The molecule has 0 aliphatic carbocycles. The average molecular weight is 729 g/mol. The number of thioether (sulfide) groups is 1. The summed E-state index contributed by atoms with van der Waals surface area (Å²) in [4.78, 5) is 13.4. The van der Waals surface area contributed by atoms with E-state index in [0.717, 1.165) is 10.0 Å². The van der Waals surface area contributed by atoms with E-state index in [1.165, 1.54) is 11.8 Å². The molecule has 0 bridgehead atoms. The third-order valence-electron chi connectivity index (χ3n) is 3.94. The van der Waals surface area contributed by atoms with Gasteiger partial charge in [0.15, 0.2) is 5.75 Å². The number of ether oxygens (including phenoxy) is 1. The van der Waals surface area contributed by atoms with E-state index >= 15 is 0 Å². The molecule has 162 valence electrons. The first-order chi connectivity index (χ1) is 14.6. The maximum absolute atomic E-state index is 12.9. The Morgan fingerprint density at radius 3 is 1.94 bits per heavy atom. The molecule has 11 heteroatoms. The summed E-state index contributed by atoms with van der Waals surface area (Å²) in [5, 5.41) is 0.746. The summed E-state index contributed by atoms with van der Waals surface area (Å²) in [6, 6.07) is 10.6. The number of halogens is 8. The highest BCUT2D eigenvalue weighted by atomic mass is 79.9. The number of carbonyl (C=O) groups is 1. The number of hydrogen-bond acceptors (Lipinski definition) is 3. The second-order valence-corrected chi connectivity index (χ2v) is 11.4. The maximum Gasteiger partial charge on any atom is 0.343 e. The van der Waals surface area contributed by atoms with Crippen LogP contribution in [0.5, 0.6) is 5.75 Å². The zero-order valence-corrected chi connectivity index (χ0v) is 24.3. The van der Waals surface area contributed by atoms with Gasteiger partial charge in [0.25, 0.3) is 0 Å². The highest BCUT2D eigenvalue weighted by Crippen LogP contribution is 2.48. The van der Waals surface area contributed by atoms with E-state index in [2.05, 4.69) is 47.8 Å². The summed E-state index contributed by atoms with van der Waals surface area (Å²) in [6.07, 6.45) is 0. The van der Waals surface area contributed by atoms with Crippen LogP contribution in [-0.4, -0.2) is 5.97 Å². The normalized spacial score (nSPS) is 11.0. The van der Waals surface area contributed by atoms with Gasteiger partial charge in [-0.1, -0.05) is 92.1 Å². The van der Waals surface area contributed by atoms with Crippen LogP contribution in [-0.2, 0) is 5.75 Å². The number of esters is 1. The lowest BCUT2D eigenvalue weighted by Crippen LogP contribution is -2.11. The maximum atomic E-state index is 12.9. The minimum atomic E-state index is -0.510. The Morgan fingerprint density at radius 1 is 0.839 bits per heavy atom. The van der Waals surface area contributed by atoms with Crippen molar-refractivity contribution in [2.75, 3.05) is 0 Å². The molecule has 0 atom stereocenters. The Kier molecular flexibility index (Phi) is 9.38. The van der Waals surface area contributed by atoms with Gasteiger partial charge >= 0.3 is 5.97 Å². The molecule has 0 aliphatic rings. The molecule has 3 aromatic rings. The number of carbonyl (C=O) groups excluding carboxylic acids is 1. The number of benzene rings is 3. The fourth-order valence-electron chi connectivity index (χ4n) is 2.48. The molecule has 31 heavy (non-hydrogen) atoms. The molecule has 0 unspecified atom stereocenters. The molecule has 0 N–H and O–H groups in total. The zero-order valence-electron chi connectivity index (χ0n) is 14.9. The second kappa shape index (κ2) is 11.2. The van der Waals surface area contributed by atoms with Gasteiger partial charge < -0.3 is 4.74 Å². The van der Waals surface area contributed by atoms with Gasteiger partial charge in [-0.3, -0.25) is 0 Å². The molecule has 2 nitrogen and oxygen atoms in total. The minimum Gasteiger partial charge on any atom is -0.420 e. The standard InChI is InChI=1S/C20H8Br3Cl5O2S/c21-9-5-11(22)18(12(23)6-9)30-20(29)10-4-2-1-3-8(10)7-31-19-16(27)14(25)13(24)15(26)17(19)28/h1-6H,7H2. The van der Waals surface area contributed by atoms with Gasteiger partial charge in [-0.05, 0) is 55.6 Å². The molecule has 0 amide bonds. The third kappa shape index (κ3) is 5.90. The molecular formula is C20H8Br3Cl5O2S. The summed E-state index contributed by atoms with van der Waals surface area (Å²) in [6.45, 7) is 0. The Bertz CT molecular complexity index is 1140. The number of hydrogen-bond donors (Lipinski definition) is 0. The predicted molar refractivity (Wildman–Crippen MR) is 142 cm³/mol. The van der Waals surface area contributed by atoms with E-state index < -0.39 is 5.97 Å². The summed E-state index contributed by atoms with van der Waals surface area (Å²) in [5.41, 5.74) is 1.12. The van der Waals surface area contributed by atoms with Crippen molar-refractivity contribution in [3.05, 3.63) is 86.1 Å². The van der Waals surface area contributed by atoms with Crippen molar-refractivity contribution in [3.63, 3.8) is 0 Å². The monoisotopic (exact) mass is 724 g/mol. The average Bonchev–Trinajstić information content (AvgIpc) is 2.73. The summed E-state index contributed by atoms with van der Waals surface area (Å²) < 4.78 is 7.71. The Morgan fingerprint density at radius 2 is 1.35 bits per heavy atom. The third-order valence-corrected chi connectivity index (χ3v) is 9.23. The minimum absolute atomic E-state index is 0.0947. The van der Waals surface area contributed by atoms with Crippen molar-refractivity contribution in [1.29, 1.82) is 0 Å². The van der Waals surface area contributed by atoms with Crippen molar-refractivity contribution in [3.8, 4) is 5.75 Å². The SMILES string of the molecule is O=C(Oc1c(Br)cc(Br)cc1Br)c1ccccc1CSc1c(Cl)c(Cl)c(Cl)c(Cl)c1Cl. The van der Waals surface area contributed by atoms with Gasteiger partial charge in [-0.2, -0.15) is 0 Å². The zero-order chi connectivity index (χ0) is 22.9. The highest BCUT2D eigenvalue weighted by Gasteiger charge is 2.21.